The van der Waals surface area contributed by atoms with Gasteiger partial charge in [-0.05, 0) is 49.7 Å². The Balaban J connectivity index is 1.85. The number of likely N-dealkylation sites (tertiary alicyclic amines) is 1. The van der Waals surface area contributed by atoms with Gasteiger partial charge in [-0.25, -0.2) is 4.98 Å². The fraction of sp³-hybridized carbons (Fsp3) is 0.625. The third kappa shape index (κ3) is 4.92. The van der Waals surface area contributed by atoms with Crippen molar-refractivity contribution in [1.82, 2.24) is 14.9 Å². The van der Waals surface area contributed by atoms with Crippen molar-refractivity contribution in [2.45, 2.75) is 67.3 Å². The lowest BCUT2D eigenvalue weighted by Gasteiger charge is -2.48. The summed E-state index contributed by atoms with van der Waals surface area (Å²) in [5, 5.41) is 11.1. The van der Waals surface area contributed by atoms with E-state index < -0.39 is 11.4 Å². The predicted molar refractivity (Wildman–Crippen MR) is 123 cm³/mol. The van der Waals surface area contributed by atoms with Gasteiger partial charge >= 0.3 is 5.97 Å². The van der Waals surface area contributed by atoms with E-state index in [1.165, 1.54) is 4.88 Å². The maximum atomic E-state index is 12.4. The molecule has 0 spiro atoms. The summed E-state index contributed by atoms with van der Waals surface area (Å²) >= 11 is 1.69. The Morgan fingerprint density at radius 3 is 2.67 bits per heavy atom. The van der Waals surface area contributed by atoms with Crippen molar-refractivity contribution < 1.29 is 9.90 Å². The maximum Gasteiger partial charge on any atom is 0.310 e. The summed E-state index contributed by atoms with van der Waals surface area (Å²) in [6, 6.07) is 2.14. The van der Waals surface area contributed by atoms with E-state index in [2.05, 4.69) is 48.6 Å². The van der Waals surface area contributed by atoms with E-state index in [0.29, 0.717) is 12.5 Å². The molecule has 0 aliphatic carbocycles. The summed E-state index contributed by atoms with van der Waals surface area (Å²) in [6.45, 7) is 15.1. The molecule has 3 rings (SSSR count). The number of thiazole rings is 1. The minimum atomic E-state index is -0.657. The zero-order valence-corrected chi connectivity index (χ0v) is 20.0. The molecule has 2 unspecified atom stereocenters. The molecule has 1 fully saturated rings. The lowest BCUT2D eigenvalue weighted by Crippen LogP contribution is -2.53. The molecular weight excluding hydrogens is 394 g/mol. The number of aromatic nitrogens is 2. The molecule has 30 heavy (non-hydrogen) atoms. The minimum Gasteiger partial charge on any atom is -0.481 e. The van der Waals surface area contributed by atoms with Crippen molar-refractivity contribution in [3.63, 3.8) is 0 Å². The van der Waals surface area contributed by atoms with Gasteiger partial charge in [0.25, 0.3) is 0 Å². The van der Waals surface area contributed by atoms with Crippen LogP contribution in [0, 0.1) is 30.6 Å². The van der Waals surface area contributed by atoms with Crippen LogP contribution in [0.4, 0.5) is 0 Å². The number of hydrogen-bond donors (Lipinski definition) is 1. The summed E-state index contributed by atoms with van der Waals surface area (Å²) < 4.78 is 0. The molecule has 1 aliphatic heterocycles. The molecule has 0 amide bonds. The van der Waals surface area contributed by atoms with E-state index in [1.807, 2.05) is 26.2 Å². The SMILES string of the molecule is CCCC1(C(=O)O)CC(C(C)(C)C)CN(Cc2cnc(-c3cc(C)cnc3C)s2)C1. The van der Waals surface area contributed by atoms with Crippen LogP contribution in [-0.4, -0.2) is 39.0 Å². The first-order chi connectivity index (χ1) is 14.0. The van der Waals surface area contributed by atoms with Gasteiger partial charge in [-0.1, -0.05) is 34.1 Å². The number of rotatable bonds is 6. The summed E-state index contributed by atoms with van der Waals surface area (Å²) in [4.78, 5) is 25.0. The Hall–Kier alpha value is -1.79. The number of nitrogens with zero attached hydrogens (tertiary/aromatic N) is 3. The van der Waals surface area contributed by atoms with Gasteiger partial charge in [0.05, 0.1) is 5.41 Å². The van der Waals surface area contributed by atoms with E-state index in [0.717, 1.165) is 54.2 Å². The van der Waals surface area contributed by atoms with Gasteiger partial charge in [-0.2, -0.15) is 0 Å². The molecule has 2 atom stereocenters. The highest BCUT2D eigenvalue weighted by molar-refractivity contribution is 7.15. The van der Waals surface area contributed by atoms with Crippen molar-refractivity contribution in [3.8, 4) is 10.6 Å². The molecule has 1 N–H and O–H groups in total. The van der Waals surface area contributed by atoms with E-state index in [1.54, 1.807) is 11.3 Å². The fourth-order valence-electron chi connectivity index (χ4n) is 4.61. The summed E-state index contributed by atoms with van der Waals surface area (Å²) in [6.07, 6.45) is 6.21. The van der Waals surface area contributed by atoms with Crippen LogP contribution in [-0.2, 0) is 11.3 Å². The summed E-state index contributed by atoms with van der Waals surface area (Å²) in [5.41, 5.74) is 2.62. The van der Waals surface area contributed by atoms with Crippen molar-refractivity contribution >= 4 is 17.3 Å². The fourth-order valence-corrected chi connectivity index (χ4v) is 5.63. The van der Waals surface area contributed by atoms with Gasteiger partial charge in [0, 0.05) is 48.2 Å². The minimum absolute atomic E-state index is 0.0797. The highest BCUT2D eigenvalue weighted by Gasteiger charge is 2.47. The molecule has 0 aromatic carbocycles. The van der Waals surface area contributed by atoms with Crippen molar-refractivity contribution in [3.05, 3.63) is 34.6 Å². The first kappa shape index (κ1) is 22.9. The number of carbonyl (C=O) groups is 1. The second-order valence-electron chi connectivity index (χ2n) is 10.0. The van der Waals surface area contributed by atoms with Crippen LogP contribution in [0.3, 0.4) is 0 Å². The van der Waals surface area contributed by atoms with Crippen LogP contribution >= 0.6 is 11.3 Å². The molecule has 1 saturated heterocycles. The Morgan fingerprint density at radius 1 is 1.30 bits per heavy atom. The molecule has 2 aromatic rings. The van der Waals surface area contributed by atoms with Crippen LogP contribution in [0.5, 0.6) is 0 Å². The second-order valence-corrected chi connectivity index (χ2v) is 11.2. The molecule has 0 saturated carbocycles. The van der Waals surface area contributed by atoms with Crippen molar-refractivity contribution in [2.24, 2.45) is 16.7 Å². The quantitative estimate of drug-likeness (QED) is 0.651. The zero-order valence-electron chi connectivity index (χ0n) is 19.2. The van der Waals surface area contributed by atoms with Crippen molar-refractivity contribution in [2.75, 3.05) is 13.1 Å². The maximum absolute atomic E-state index is 12.4. The lowest BCUT2D eigenvalue weighted by atomic mass is 9.65. The Bertz CT molecular complexity index is 902. The second kappa shape index (κ2) is 8.75. The molecular formula is C24H35N3O2S. The Morgan fingerprint density at radius 2 is 2.03 bits per heavy atom. The molecule has 1 aliphatic rings. The average Bonchev–Trinajstić information content (AvgIpc) is 3.11. The number of carboxylic acid groups (broad SMARTS) is 1. The monoisotopic (exact) mass is 429 g/mol. The van der Waals surface area contributed by atoms with Gasteiger partial charge in [0.2, 0.25) is 0 Å². The van der Waals surface area contributed by atoms with Gasteiger partial charge in [-0.3, -0.25) is 14.7 Å². The van der Waals surface area contributed by atoms with Crippen molar-refractivity contribution in [1.29, 1.82) is 0 Å². The van der Waals surface area contributed by atoms with Crippen LogP contribution in [0.2, 0.25) is 0 Å². The largest absolute Gasteiger partial charge is 0.481 e. The number of piperidine rings is 1. The highest BCUT2D eigenvalue weighted by Crippen LogP contribution is 2.44. The number of hydrogen-bond acceptors (Lipinski definition) is 5. The molecule has 5 nitrogen and oxygen atoms in total. The highest BCUT2D eigenvalue weighted by atomic mass is 32.1. The molecule has 0 bridgehead atoms. The number of aryl methyl sites for hydroxylation is 2. The van der Waals surface area contributed by atoms with Gasteiger partial charge < -0.3 is 5.11 Å². The zero-order chi connectivity index (χ0) is 22.1. The molecule has 3 heterocycles. The predicted octanol–water partition coefficient (Wildman–Crippen LogP) is 5.56. The third-order valence-electron chi connectivity index (χ3n) is 6.44. The topological polar surface area (TPSA) is 66.3 Å². The van der Waals surface area contributed by atoms with E-state index in [4.69, 9.17) is 0 Å². The smallest absolute Gasteiger partial charge is 0.310 e. The normalized spacial score (nSPS) is 22.9. The van der Waals surface area contributed by atoms with Gasteiger partial charge in [-0.15, -0.1) is 11.3 Å². The number of aliphatic carboxylic acids is 1. The number of pyridine rings is 1. The van der Waals surface area contributed by atoms with Crippen LogP contribution in [0.25, 0.3) is 10.6 Å². The molecule has 164 valence electrons. The van der Waals surface area contributed by atoms with E-state index in [-0.39, 0.29) is 5.41 Å². The molecule has 0 radical (unpaired) electrons. The molecule has 2 aromatic heterocycles. The van der Waals surface area contributed by atoms with Crippen LogP contribution in [0.15, 0.2) is 18.5 Å². The van der Waals surface area contributed by atoms with Crippen LogP contribution in [0.1, 0.15) is 63.1 Å². The van der Waals surface area contributed by atoms with Gasteiger partial charge in [0.15, 0.2) is 0 Å². The first-order valence-corrected chi connectivity index (χ1v) is 11.7. The molecule has 6 heteroatoms. The average molecular weight is 430 g/mol. The standard InChI is InChI=1S/C24H35N3O2S/c1-7-8-24(22(28)29)10-18(23(4,5)6)13-27(15-24)14-19-12-26-21(30-19)20-9-16(2)11-25-17(20)3/h9,11-12,18H,7-8,10,13-15H2,1-6H3,(H,28,29). The van der Waals surface area contributed by atoms with E-state index >= 15 is 0 Å². The Labute approximate surface area is 184 Å². The van der Waals surface area contributed by atoms with Crippen LogP contribution < -0.4 is 0 Å². The Kier molecular flexibility index (Phi) is 6.68. The lowest BCUT2D eigenvalue weighted by molar-refractivity contribution is -0.156. The summed E-state index contributed by atoms with van der Waals surface area (Å²) in [5.74, 6) is -0.292. The van der Waals surface area contributed by atoms with E-state index in [9.17, 15) is 9.90 Å². The summed E-state index contributed by atoms with van der Waals surface area (Å²) in [7, 11) is 0. The third-order valence-corrected chi connectivity index (χ3v) is 7.45. The number of carboxylic acids is 1. The first-order valence-electron chi connectivity index (χ1n) is 10.9. The van der Waals surface area contributed by atoms with Gasteiger partial charge in [0.1, 0.15) is 5.01 Å².